The van der Waals surface area contributed by atoms with Crippen LogP contribution in [0.25, 0.3) is 0 Å². The summed E-state index contributed by atoms with van der Waals surface area (Å²) in [7, 11) is 0. The number of aromatic nitrogens is 1. The van der Waals surface area contributed by atoms with E-state index < -0.39 is 0 Å². The Hall–Kier alpha value is -0.890. The Balaban J connectivity index is 2.28. The van der Waals surface area contributed by atoms with Crippen molar-refractivity contribution in [3.63, 3.8) is 0 Å². The molecular formula is C11H16N2. The van der Waals surface area contributed by atoms with Crippen LogP contribution in [0.5, 0.6) is 0 Å². The molecule has 0 unspecified atom stereocenters. The molecule has 13 heavy (non-hydrogen) atoms. The van der Waals surface area contributed by atoms with Gasteiger partial charge in [0, 0.05) is 23.9 Å². The molecule has 1 aromatic rings. The number of nitrogens with zero attached hydrogens (tertiary/aromatic N) is 1. The summed E-state index contributed by atoms with van der Waals surface area (Å²) < 4.78 is 0. The zero-order valence-electron chi connectivity index (χ0n) is 8.09. The van der Waals surface area contributed by atoms with Crippen molar-refractivity contribution >= 4 is 0 Å². The standard InChI is InChI=1S/C11H16N2/c1-9-3-4-10(13-7-9)11(8-12)5-2-6-11/h3-4,7H,2,5-6,8,12H2,1H3. The largest absolute Gasteiger partial charge is 0.330 e. The first-order valence-corrected chi connectivity index (χ1v) is 4.90. The summed E-state index contributed by atoms with van der Waals surface area (Å²) in [4.78, 5) is 4.46. The van der Waals surface area contributed by atoms with Gasteiger partial charge in [0.15, 0.2) is 0 Å². The van der Waals surface area contributed by atoms with E-state index in [1.807, 2.05) is 6.20 Å². The van der Waals surface area contributed by atoms with E-state index in [9.17, 15) is 0 Å². The predicted octanol–water partition coefficient (Wildman–Crippen LogP) is 1.77. The highest BCUT2D eigenvalue weighted by atomic mass is 14.8. The van der Waals surface area contributed by atoms with Gasteiger partial charge in [-0.05, 0) is 31.4 Å². The van der Waals surface area contributed by atoms with Crippen LogP contribution in [0.15, 0.2) is 18.3 Å². The minimum Gasteiger partial charge on any atom is -0.330 e. The molecule has 0 atom stereocenters. The molecule has 1 aromatic heterocycles. The maximum Gasteiger partial charge on any atom is 0.0478 e. The average Bonchev–Trinajstić information content (AvgIpc) is 2.07. The number of hydrogen-bond donors (Lipinski definition) is 1. The quantitative estimate of drug-likeness (QED) is 0.746. The molecule has 0 bridgehead atoms. The van der Waals surface area contributed by atoms with E-state index in [4.69, 9.17) is 5.73 Å². The molecule has 2 heteroatoms. The Labute approximate surface area is 79.2 Å². The van der Waals surface area contributed by atoms with Crippen LogP contribution in [0.1, 0.15) is 30.5 Å². The topological polar surface area (TPSA) is 38.9 Å². The summed E-state index contributed by atoms with van der Waals surface area (Å²) in [5, 5.41) is 0. The first kappa shape index (κ1) is 8.70. The number of nitrogens with two attached hydrogens (primary N) is 1. The lowest BCUT2D eigenvalue weighted by Crippen LogP contribution is -2.42. The van der Waals surface area contributed by atoms with Crippen LogP contribution in [-0.2, 0) is 5.41 Å². The maximum absolute atomic E-state index is 5.80. The van der Waals surface area contributed by atoms with Gasteiger partial charge in [0.1, 0.15) is 0 Å². The van der Waals surface area contributed by atoms with E-state index in [1.54, 1.807) is 0 Å². The van der Waals surface area contributed by atoms with Crippen LogP contribution >= 0.6 is 0 Å². The second-order valence-corrected chi connectivity index (χ2v) is 4.06. The molecule has 1 aliphatic carbocycles. The smallest absolute Gasteiger partial charge is 0.0478 e. The molecule has 1 aliphatic rings. The third kappa shape index (κ3) is 1.35. The van der Waals surface area contributed by atoms with Crippen LogP contribution in [0.4, 0.5) is 0 Å². The SMILES string of the molecule is Cc1ccc(C2(CN)CCC2)nc1. The van der Waals surface area contributed by atoms with Crippen molar-refractivity contribution in [2.24, 2.45) is 5.73 Å². The van der Waals surface area contributed by atoms with Crippen molar-refractivity contribution in [2.45, 2.75) is 31.6 Å². The van der Waals surface area contributed by atoms with Gasteiger partial charge in [0.05, 0.1) is 0 Å². The van der Waals surface area contributed by atoms with Crippen LogP contribution in [-0.4, -0.2) is 11.5 Å². The zero-order chi connectivity index (χ0) is 9.31. The van der Waals surface area contributed by atoms with Gasteiger partial charge in [-0.25, -0.2) is 0 Å². The molecule has 1 heterocycles. The van der Waals surface area contributed by atoms with Crippen molar-refractivity contribution in [2.75, 3.05) is 6.54 Å². The van der Waals surface area contributed by atoms with E-state index in [0.29, 0.717) is 0 Å². The summed E-state index contributed by atoms with van der Waals surface area (Å²) in [6, 6.07) is 4.25. The molecule has 2 N–H and O–H groups in total. The molecule has 1 saturated carbocycles. The van der Waals surface area contributed by atoms with E-state index in [1.165, 1.54) is 30.5 Å². The van der Waals surface area contributed by atoms with Crippen molar-refractivity contribution in [1.29, 1.82) is 0 Å². The zero-order valence-corrected chi connectivity index (χ0v) is 8.09. The lowest BCUT2D eigenvalue weighted by atomic mass is 9.66. The Morgan fingerprint density at radius 1 is 1.46 bits per heavy atom. The third-order valence-corrected chi connectivity index (χ3v) is 3.16. The normalized spacial score (nSPS) is 19.5. The summed E-state index contributed by atoms with van der Waals surface area (Å²) in [5.74, 6) is 0. The summed E-state index contributed by atoms with van der Waals surface area (Å²) in [6.45, 7) is 2.80. The van der Waals surface area contributed by atoms with Gasteiger partial charge in [-0.3, -0.25) is 4.98 Å². The maximum atomic E-state index is 5.80. The second kappa shape index (κ2) is 3.11. The summed E-state index contributed by atoms with van der Waals surface area (Å²) >= 11 is 0. The van der Waals surface area contributed by atoms with Gasteiger partial charge < -0.3 is 5.73 Å². The first-order valence-electron chi connectivity index (χ1n) is 4.90. The van der Waals surface area contributed by atoms with Gasteiger partial charge in [-0.15, -0.1) is 0 Å². The molecule has 70 valence electrons. The number of pyridine rings is 1. The lowest BCUT2D eigenvalue weighted by Gasteiger charge is -2.40. The van der Waals surface area contributed by atoms with Crippen molar-refractivity contribution in [1.82, 2.24) is 4.98 Å². The summed E-state index contributed by atoms with van der Waals surface area (Å²) in [5.41, 5.74) is 8.42. The van der Waals surface area contributed by atoms with E-state index >= 15 is 0 Å². The Morgan fingerprint density at radius 2 is 2.23 bits per heavy atom. The number of rotatable bonds is 2. The molecule has 0 radical (unpaired) electrons. The molecule has 2 rings (SSSR count). The third-order valence-electron chi connectivity index (χ3n) is 3.16. The molecular weight excluding hydrogens is 160 g/mol. The lowest BCUT2D eigenvalue weighted by molar-refractivity contribution is 0.246. The van der Waals surface area contributed by atoms with Crippen LogP contribution in [0.2, 0.25) is 0 Å². The fourth-order valence-corrected chi connectivity index (χ4v) is 1.95. The molecule has 0 amide bonds. The Bertz CT molecular complexity index is 280. The predicted molar refractivity (Wildman–Crippen MR) is 53.6 cm³/mol. The molecule has 1 fully saturated rings. The minimum atomic E-state index is 0.216. The van der Waals surface area contributed by atoms with Gasteiger partial charge in [-0.2, -0.15) is 0 Å². The molecule has 0 aliphatic heterocycles. The van der Waals surface area contributed by atoms with Crippen LogP contribution in [0.3, 0.4) is 0 Å². The van der Waals surface area contributed by atoms with E-state index in [-0.39, 0.29) is 5.41 Å². The highest BCUT2D eigenvalue weighted by Crippen LogP contribution is 2.41. The van der Waals surface area contributed by atoms with Gasteiger partial charge in [0.2, 0.25) is 0 Å². The fourth-order valence-electron chi connectivity index (χ4n) is 1.95. The Morgan fingerprint density at radius 3 is 2.62 bits per heavy atom. The van der Waals surface area contributed by atoms with E-state index in [2.05, 4.69) is 24.0 Å². The second-order valence-electron chi connectivity index (χ2n) is 4.06. The summed E-state index contributed by atoms with van der Waals surface area (Å²) in [6.07, 6.45) is 5.65. The molecule has 2 nitrogen and oxygen atoms in total. The minimum absolute atomic E-state index is 0.216. The highest BCUT2D eigenvalue weighted by molar-refractivity contribution is 5.23. The highest BCUT2D eigenvalue weighted by Gasteiger charge is 2.38. The van der Waals surface area contributed by atoms with Gasteiger partial charge in [-0.1, -0.05) is 12.5 Å². The first-order chi connectivity index (χ1) is 6.27. The fraction of sp³-hybridized carbons (Fsp3) is 0.545. The number of hydrogen-bond acceptors (Lipinski definition) is 2. The van der Waals surface area contributed by atoms with Crippen molar-refractivity contribution < 1.29 is 0 Å². The van der Waals surface area contributed by atoms with Crippen LogP contribution < -0.4 is 5.73 Å². The van der Waals surface area contributed by atoms with E-state index in [0.717, 1.165) is 6.54 Å². The Kier molecular flexibility index (Phi) is 2.08. The molecule has 0 aromatic carbocycles. The molecule has 0 spiro atoms. The van der Waals surface area contributed by atoms with Crippen molar-refractivity contribution in [3.8, 4) is 0 Å². The van der Waals surface area contributed by atoms with Gasteiger partial charge >= 0.3 is 0 Å². The molecule has 0 saturated heterocycles. The average molecular weight is 176 g/mol. The van der Waals surface area contributed by atoms with Crippen molar-refractivity contribution in [3.05, 3.63) is 29.6 Å². The monoisotopic (exact) mass is 176 g/mol. The van der Waals surface area contributed by atoms with Gasteiger partial charge in [0.25, 0.3) is 0 Å². The van der Waals surface area contributed by atoms with Crippen LogP contribution in [0, 0.1) is 6.92 Å². The number of aryl methyl sites for hydroxylation is 1.